The lowest BCUT2D eigenvalue weighted by atomic mass is 9.98. The summed E-state index contributed by atoms with van der Waals surface area (Å²) in [5.41, 5.74) is 1.10. The van der Waals surface area contributed by atoms with Crippen LogP contribution < -0.4 is 0 Å². The summed E-state index contributed by atoms with van der Waals surface area (Å²) in [4.78, 5) is 28.9. The average molecular weight is 358 g/mol. The van der Waals surface area contributed by atoms with Crippen molar-refractivity contribution in [2.24, 2.45) is 0 Å². The molecule has 0 amide bonds. The molecule has 0 heterocycles. The Labute approximate surface area is 152 Å². The topological polar surface area (TPSA) is 82.1 Å². The molecule has 0 aliphatic carbocycles. The molecule has 1 N–H and O–H groups in total. The van der Waals surface area contributed by atoms with E-state index in [0.717, 1.165) is 0 Å². The Morgan fingerprint density at radius 3 is 2.08 bits per heavy atom. The van der Waals surface area contributed by atoms with Crippen LogP contribution in [-0.2, 0) is 14.4 Å². The molecular weight excluding hydrogens is 336 g/mol. The molecule has 2 aromatic rings. The fourth-order valence-electron chi connectivity index (χ4n) is 2.34. The van der Waals surface area contributed by atoms with Gasteiger partial charge in [0.25, 0.3) is 0 Å². The van der Waals surface area contributed by atoms with Gasteiger partial charge in [0.05, 0.1) is 18.8 Å². The van der Waals surface area contributed by atoms with E-state index in [9.17, 15) is 9.59 Å². The number of hydrogen-bond donors (Lipinski definition) is 1. The molecule has 0 aliphatic heterocycles. The summed E-state index contributed by atoms with van der Waals surface area (Å²) in [7, 11) is 0. The van der Waals surface area contributed by atoms with Gasteiger partial charge in [0.2, 0.25) is 0 Å². The number of ether oxygens (including phenoxy) is 2. The first kappa shape index (κ1) is 19.8. The zero-order chi connectivity index (χ0) is 18.6. The molecule has 0 fully saturated rings. The average Bonchev–Trinajstić information content (AvgIpc) is 2.70. The molecule has 2 aromatic carbocycles. The summed E-state index contributed by atoms with van der Waals surface area (Å²) >= 11 is 0. The van der Waals surface area contributed by atoms with E-state index >= 15 is 0 Å². The van der Waals surface area contributed by atoms with Gasteiger partial charge < -0.3 is 9.47 Å². The molecule has 138 valence electrons. The van der Waals surface area contributed by atoms with Crippen LogP contribution in [0.25, 0.3) is 0 Å². The molecule has 0 saturated carbocycles. The first-order chi connectivity index (χ1) is 12.7. The van der Waals surface area contributed by atoms with E-state index in [4.69, 9.17) is 14.7 Å². The number of rotatable bonds is 11. The summed E-state index contributed by atoms with van der Waals surface area (Å²) < 4.78 is 10.6. The zero-order valence-electron chi connectivity index (χ0n) is 14.4. The van der Waals surface area contributed by atoms with Crippen molar-refractivity contribution in [1.29, 1.82) is 0 Å². The second kappa shape index (κ2) is 11.1. The van der Waals surface area contributed by atoms with Crippen LogP contribution in [0.5, 0.6) is 0 Å². The molecule has 0 aliphatic rings. The van der Waals surface area contributed by atoms with Gasteiger partial charge in [-0.25, -0.2) is 9.68 Å². The summed E-state index contributed by atoms with van der Waals surface area (Å²) in [5, 5.41) is 8.17. The molecule has 2 rings (SSSR count). The largest absolute Gasteiger partial charge is 0.462 e. The Bertz CT molecular complexity index is 698. The van der Waals surface area contributed by atoms with Gasteiger partial charge in [0, 0.05) is 30.8 Å². The minimum atomic E-state index is -0.529. The van der Waals surface area contributed by atoms with E-state index < -0.39 is 5.97 Å². The van der Waals surface area contributed by atoms with E-state index in [1.165, 1.54) is 0 Å². The monoisotopic (exact) mass is 358 g/mol. The van der Waals surface area contributed by atoms with E-state index in [-0.39, 0.29) is 24.6 Å². The predicted octanol–water partition coefficient (Wildman–Crippen LogP) is 3.36. The number of carbonyl (C=O) groups is 2. The Morgan fingerprint density at radius 2 is 1.38 bits per heavy atom. The number of ketones is 1. The highest BCUT2D eigenvalue weighted by Crippen LogP contribution is 2.16. The molecule has 0 spiro atoms. The number of hydrogen-bond acceptors (Lipinski definition) is 6. The number of esters is 1. The first-order valence-electron chi connectivity index (χ1n) is 8.44. The van der Waals surface area contributed by atoms with Crippen molar-refractivity contribution in [3.05, 3.63) is 71.3 Å². The first-order valence-corrected chi connectivity index (χ1v) is 8.44. The second-order valence-corrected chi connectivity index (χ2v) is 5.53. The normalized spacial score (nSPS) is 10.5. The summed E-state index contributed by atoms with van der Waals surface area (Å²) in [6, 6.07) is 15.4. The number of benzene rings is 2. The van der Waals surface area contributed by atoms with Crippen molar-refractivity contribution in [1.82, 2.24) is 0 Å². The molecular formula is C20H22O6. The van der Waals surface area contributed by atoms with Gasteiger partial charge >= 0.3 is 5.97 Å². The Morgan fingerprint density at radius 1 is 0.769 bits per heavy atom. The van der Waals surface area contributed by atoms with Gasteiger partial charge in [-0.2, -0.15) is 0 Å². The highest BCUT2D eigenvalue weighted by Gasteiger charge is 2.18. The van der Waals surface area contributed by atoms with Gasteiger partial charge in [0.1, 0.15) is 0 Å². The molecule has 0 atom stereocenters. The van der Waals surface area contributed by atoms with Crippen LogP contribution in [0.3, 0.4) is 0 Å². The third-order valence-electron chi connectivity index (χ3n) is 3.62. The third-order valence-corrected chi connectivity index (χ3v) is 3.62. The minimum absolute atomic E-state index is 0.198. The lowest BCUT2D eigenvalue weighted by molar-refractivity contribution is -0.244. The minimum Gasteiger partial charge on any atom is -0.462 e. The van der Waals surface area contributed by atoms with Crippen molar-refractivity contribution in [3.8, 4) is 0 Å². The van der Waals surface area contributed by atoms with E-state index in [1.807, 2.05) is 6.07 Å². The van der Waals surface area contributed by atoms with Crippen LogP contribution in [-0.4, -0.2) is 43.4 Å². The predicted molar refractivity (Wildman–Crippen MR) is 95.2 cm³/mol. The Balaban J connectivity index is 1.87. The molecule has 0 saturated heterocycles. The quantitative estimate of drug-likeness (QED) is 0.218. The Kier molecular flexibility index (Phi) is 8.48. The SMILES string of the molecule is O=C(OCCCOCCCOO)c1ccccc1C(=O)c1ccccc1. The molecule has 0 unspecified atom stereocenters. The van der Waals surface area contributed by atoms with Crippen LogP contribution in [0.1, 0.15) is 39.1 Å². The zero-order valence-corrected chi connectivity index (χ0v) is 14.4. The molecule has 6 heteroatoms. The van der Waals surface area contributed by atoms with Crippen molar-refractivity contribution in [2.45, 2.75) is 12.8 Å². The number of carbonyl (C=O) groups excluding carboxylic acids is 2. The lowest BCUT2D eigenvalue weighted by Gasteiger charge is -2.09. The summed E-state index contributed by atoms with van der Waals surface area (Å²) in [5.74, 6) is -0.744. The van der Waals surface area contributed by atoms with E-state index in [0.29, 0.717) is 37.2 Å². The van der Waals surface area contributed by atoms with E-state index in [1.54, 1.807) is 48.5 Å². The fourth-order valence-corrected chi connectivity index (χ4v) is 2.34. The second-order valence-electron chi connectivity index (χ2n) is 5.53. The molecule has 6 nitrogen and oxygen atoms in total. The van der Waals surface area contributed by atoms with Crippen molar-refractivity contribution >= 4 is 11.8 Å². The maximum absolute atomic E-state index is 12.6. The van der Waals surface area contributed by atoms with Crippen LogP contribution in [0.15, 0.2) is 54.6 Å². The van der Waals surface area contributed by atoms with Gasteiger partial charge in [-0.05, 0) is 12.5 Å². The summed E-state index contributed by atoms with van der Waals surface area (Å²) in [6.07, 6.45) is 1.13. The summed E-state index contributed by atoms with van der Waals surface area (Å²) in [6.45, 7) is 1.32. The van der Waals surface area contributed by atoms with Crippen LogP contribution >= 0.6 is 0 Å². The van der Waals surface area contributed by atoms with Crippen LogP contribution in [0.2, 0.25) is 0 Å². The van der Waals surface area contributed by atoms with Crippen molar-refractivity contribution < 1.29 is 29.2 Å². The maximum Gasteiger partial charge on any atom is 0.338 e. The highest BCUT2D eigenvalue weighted by atomic mass is 17.1. The highest BCUT2D eigenvalue weighted by molar-refractivity contribution is 6.14. The smallest absolute Gasteiger partial charge is 0.338 e. The third kappa shape index (κ3) is 6.07. The lowest BCUT2D eigenvalue weighted by Crippen LogP contribution is -2.14. The van der Waals surface area contributed by atoms with Crippen LogP contribution in [0, 0.1) is 0 Å². The van der Waals surface area contributed by atoms with Crippen LogP contribution in [0.4, 0.5) is 0 Å². The fraction of sp³-hybridized carbons (Fsp3) is 0.300. The van der Waals surface area contributed by atoms with Crippen molar-refractivity contribution in [2.75, 3.05) is 26.4 Å². The molecule has 0 radical (unpaired) electrons. The Hall–Kier alpha value is -2.54. The molecule has 26 heavy (non-hydrogen) atoms. The van der Waals surface area contributed by atoms with Gasteiger partial charge in [-0.1, -0.05) is 48.5 Å². The van der Waals surface area contributed by atoms with Gasteiger partial charge in [-0.15, -0.1) is 0 Å². The van der Waals surface area contributed by atoms with Gasteiger partial charge in [0.15, 0.2) is 5.78 Å². The van der Waals surface area contributed by atoms with Crippen molar-refractivity contribution in [3.63, 3.8) is 0 Å². The maximum atomic E-state index is 12.6. The molecule has 0 aromatic heterocycles. The molecule has 0 bridgehead atoms. The standard InChI is InChI=1S/C20H22O6/c21-19(16-8-2-1-3-9-16)17-10-4-5-11-18(17)20(22)25-14-6-12-24-13-7-15-26-23/h1-5,8-11,23H,6-7,12-15H2. The van der Waals surface area contributed by atoms with E-state index in [2.05, 4.69) is 4.89 Å². The van der Waals surface area contributed by atoms with Gasteiger partial charge in [-0.3, -0.25) is 10.1 Å².